The largest absolute Gasteiger partial charge is 0.337 e. The van der Waals surface area contributed by atoms with Crippen molar-refractivity contribution in [1.29, 1.82) is 0 Å². The van der Waals surface area contributed by atoms with Crippen LogP contribution in [0.3, 0.4) is 0 Å². The Morgan fingerprint density at radius 1 is 0.935 bits per heavy atom. The predicted octanol–water partition coefficient (Wildman–Crippen LogP) is 4.65. The molecule has 158 valence electrons. The lowest BCUT2D eigenvalue weighted by molar-refractivity contribution is 0.0785. The summed E-state index contributed by atoms with van der Waals surface area (Å²) in [5.41, 5.74) is 1.51. The molecular weight excluding hydrogens is 428 g/mol. The second-order valence-corrected chi connectivity index (χ2v) is 10.0. The van der Waals surface area contributed by atoms with Crippen LogP contribution in [0.4, 0.5) is 0 Å². The molecule has 0 spiro atoms. The van der Waals surface area contributed by atoms with Crippen molar-refractivity contribution in [1.82, 2.24) is 9.62 Å². The Bertz CT molecular complexity index is 1290. The van der Waals surface area contributed by atoms with Crippen LogP contribution in [0, 0.1) is 0 Å². The number of benzene rings is 3. The van der Waals surface area contributed by atoms with Gasteiger partial charge in [0.15, 0.2) is 0 Å². The molecule has 0 saturated heterocycles. The van der Waals surface area contributed by atoms with E-state index in [-0.39, 0.29) is 17.3 Å². The molecule has 1 heterocycles. The maximum Gasteiger partial charge on any atom is 0.253 e. The zero-order chi connectivity index (χ0) is 21.8. The predicted molar refractivity (Wildman–Crippen MR) is 125 cm³/mol. The molecule has 3 aromatic carbocycles. The first-order valence-electron chi connectivity index (χ1n) is 9.78. The van der Waals surface area contributed by atoms with Crippen LogP contribution in [0.15, 0.2) is 89.1 Å². The molecule has 0 atom stereocenters. The van der Waals surface area contributed by atoms with Gasteiger partial charge in [0.2, 0.25) is 10.0 Å². The van der Waals surface area contributed by atoms with Crippen molar-refractivity contribution in [2.24, 2.45) is 0 Å². The minimum Gasteiger partial charge on any atom is -0.337 e. The van der Waals surface area contributed by atoms with Gasteiger partial charge in [-0.3, -0.25) is 4.79 Å². The summed E-state index contributed by atoms with van der Waals surface area (Å²) < 4.78 is 27.6. The Balaban J connectivity index is 1.46. The quantitative estimate of drug-likeness (QED) is 0.446. The number of carbonyl (C=O) groups is 1. The lowest BCUT2D eigenvalue weighted by atomic mass is 10.0. The highest BCUT2D eigenvalue weighted by Crippen LogP contribution is 2.21. The lowest BCUT2D eigenvalue weighted by Gasteiger charge is -2.19. The number of nitrogens with zero attached hydrogens (tertiary/aromatic N) is 1. The van der Waals surface area contributed by atoms with E-state index in [0.29, 0.717) is 12.1 Å². The average molecular weight is 451 g/mol. The van der Waals surface area contributed by atoms with Crippen LogP contribution in [0.2, 0.25) is 0 Å². The van der Waals surface area contributed by atoms with Crippen LogP contribution in [-0.2, 0) is 23.1 Å². The van der Waals surface area contributed by atoms with E-state index in [4.69, 9.17) is 0 Å². The van der Waals surface area contributed by atoms with Gasteiger partial charge in [0.05, 0.1) is 4.90 Å². The average Bonchev–Trinajstić information content (AvgIpc) is 3.31. The third kappa shape index (κ3) is 4.85. The number of sulfonamides is 1. The molecule has 0 aliphatic carbocycles. The minimum absolute atomic E-state index is 0.136. The van der Waals surface area contributed by atoms with Crippen molar-refractivity contribution in [3.8, 4) is 0 Å². The van der Waals surface area contributed by atoms with E-state index in [1.54, 1.807) is 24.1 Å². The highest BCUT2D eigenvalue weighted by molar-refractivity contribution is 7.89. The van der Waals surface area contributed by atoms with Gasteiger partial charge in [-0.25, -0.2) is 13.1 Å². The molecular formula is C24H22N2O3S2. The summed E-state index contributed by atoms with van der Waals surface area (Å²) in [6.45, 7) is 0.705. The fourth-order valence-corrected chi connectivity index (χ4v) is 5.16. The summed E-state index contributed by atoms with van der Waals surface area (Å²) in [6.07, 6.45) is 0. The third-order valence-corrected chi connectivity index (χ3v) is 7.36. The number of fused-ring (bicyclic) bond motifs is 1. The molecule has 0 bridgehead atoms. The number of carbonyl (C=O) groups excluding carboxylic acids is 1. The molecule has 0 saturated carbocycles. The molecule has 0 radical (unpaired) electrons. The Labute approximate surface area is 186 Å². The van der Waals surface area contributed by atoms with E-state index in [1.807, 2.05) is 60.0 Å². The van der Waals surface area contributed by atoms with Crippen LogP contribution in [0.5, 0.6) is 0 Å². The summed E-state index contributed by atoms with van der Waals surface area (Å²) in [6, 6.07) is 23.9. The van der Waals surface area contributed by atoms with Crippen LogP contribution in [0.25, 0.3) is 10.8 Å². The van der Waals surface area contributed by atoms with E-state index in [0.717, 1.165) is 21.2 Å². The molecule has 7 heteroatoms. The summed E-state index contributed by atoms with van der Waals surface area (Å²) in [5.74, 6) is -0.163. The first-order valence-corrected chi connectivity index (χ1v) is 12.1. The number of nitrogens with one attached hydrogen (secondary N) is 1. The fraction of sp³-hybridized carbons (Fsp3) is 0.125. The van der Waals surface area contributed by atoms with Crippen molar-refractivity contribution in [3.05, 3.63) is 100 Å². The van der Waals surface area contributed by atoms with Gasteiger partial charge in [-0.1, -0.05) is 48.5 Å². The van der Waals surface area contributed by atoms with Gasteiger partial charge in [-0.15, -0.1) is 11.3 Å². The van der Waals surface area contributed by atoms with Gasteiger partial charge in [0.1, 0.15) is 0 Å². The first-order chi connectivity index (χ1) is 14.9. The van der Waals surface area contributed by atoms with E-state index in [9.17, 15) is 13.2 Å². The SMILES string of the molecule is CN(Cc1cccc2ccccc12)C(=O)c1ccc(S(=O)(=O)NCc2cccs2)cc1. The van der Waals surface area contributed by atoms with Crippen molar-refractivity contribution in [3.63, 3.8) is 0 Å². The van der Waals surface area contributed by atoms with Gasteiger partial charge in [-0.2, -0.15) is 0 Å². The highest BCUT2D eigenvalue weighted by atomic mass is 32.2. The highest BCUT2D eigenvalue weighted by Gasteiger charge is 2.17. The standard InChI is InChI=1S/C24H22N2O3S2/c1-26(17-20-8-4-7-18-6-2-3-10-23(18)20)24(27)19-11-13-22(14-12-19)31(28,29)25-16-21-9-5-15-30-21/h2-15,25H,16-17H2,1H3. The number of amides is 1. The fourth-order valence-electron chi connectivity index (χ4n) is 3.42. The summed E-state index contributed by atoms with van der Waals surface area (Å²) >= 11 is 1.49. The van der Waals surface area contributed by atoms with Crippen LogP contribution < -0.4 is 4.72 Å². The van der Waals surface area contributed by atoms with Gasteiger partial charge >= 0.3 is 0 Å². The topological polar surface area (TPSA) is 66.5 Å². The molecule has 4 aromatic rings. The number of thiophene rings is 1. The molecule has 5 nitrogen and oxygen atoms in total. The van der Waals surface area contributed by atoms with Gasteiger partial charge < -0.3 is 4.90 Å². The Hall–Kier alpha value is -3.00. The number of rotatable bonds is 7. The molecule has 4 rings (SSSR count). The zero-order valence-corrected chi connectivity index (χ0v) is 18.6. The Morgan fingerprint density at radius 2 is 1.68 bits per heavy atom. The van der Waals surface area contributed by atoms with Gasteiger partial charge in [0, 0.05) is 30.6 Å². The van der Waals surface area contributed by atoms with Crippen LogP contribution in [0.1, 0.15) is 20.8 Å². The molecule has 1 aromatic heterocycles. The van der Waals surface area contributed by atoms with Crippen molar-refractivity contribution < 1.29 is 13.2 Å². The minimum atomic E-state index is -3.64. The van der Waals surface area contributed by atoms with E-state index < -0.39 is 10.0 Å². The van der Waals surface area contributed by atoms with E-state index in [2.05, 4.69) is 4.72 Å². The van der Waals surface area contributed by atoms with E-state index >= 15 is 0 Å². The maximum atomic E-state index is 12.9. The number of hydrogen-bond donors (Lipinski definition) is 1. The normalized spacial score (nSPS) is 11.5. The zero-order valence-electron chi connectivity index (χ0n) is 17.0. The number of hydrogen-bond acceptors (Lipinski definition) is 4. The third-order valence-electron chi connectivity index (χ3n) is 5.06. The molecule has 0 aliphatic heterocycles. The second-order valence-electron chi connectivity index (χ2n) is 7.23. The summed E-state index contributed by atoms with van der Waals surface area (Å²) in [7, 11) is -1.89. The molecule has 31 heavy (non-hydrogen) atoms. The molecule has 0 aliphatic rings. The molecule has 1 N–H and O–H groups in total. The Kier molecular flexibility index (Phi) is 6.18. The van der Waals surface area contributed by atoms with Crippen LogP contribution in [-0.4, -0.2) is 26.3 Å². The van der Waals surface area contributed by atoms with E-state index in [1.165, 1.54) is 23.5 Å². The first kappa shape index (κ1) is 21.2. The second kappa shape index (κ2) is 9.01. The van der Waals surface area contributed by atoms with Gasteiger partial charge in [-0.05, 0) is 52.0 Å². The summed E-state index contributed by atoms with van der Waals surface area (Å²) in [5, 5.41) is 4.15. The Morgan fingerprint density at radius 3 is 2.42 bits per heavy atom. The van der Waals surface area contributed by atoms with Gasteiger partial charge in [0.25, 0.3) is 5.91 Å². The lowest BCUT2D eigenvalue weighted by Crippen LogP contribution is -2.26. The monoisotopic (exact) mass is 450 g/mol. The molecule has 0 fully saturated rings. The smallest absolute Gasteiger partial charge is 0.253 e. The van der Waals surface area contributed by atoms with Crippen molar-refractivity contribution in [2.75, 3.05) is 7.05 Å². The maximum absolute atomic E-state index is 12.9. The van der Waals surface area contributed by atoms with Crippen molar-refractivity contribution >= 4 is 38.0 Å². The van der Waals surface area contributed by atoms with Crippen LogP contribution >= 0.6 is 11.3 Å². The summed E-state index contributed by atoms with van der Waals surface area (Å²) in [4.78, 5) is 15.6. The molecule has 0 unspecified atom stereocenters. The van der Waals surface area contributed by atoms with Crippen molar-refractivity contribution in [2.45, 2.75) is 18.0 Å². The molecule has 1 amide bonds.